The van der Waals surface area contributed by atoms with Crippen molar-refractivity contribution in [3.63, 3.8) is 0 Å². The number of hydrogen-bond acceptors (Lipinski definition) is 2. The number of para-hydroxylation sites is 4. The molecule has 2 nitrogen and oxygen atoms in total. The van der Waals surface area contributed by atoms with E-state index in [2.05, 4.69) is 109 Å². The fourth-order valence-electron chi connectivity index (χ4n) is 5.14. The fourth-order valence-corrected chi connectivity index (χ4v) is 9.99. The van der Waals surface area contributed by atoms with Gasteiger partial charge in [-0.25, -0.2) is 0 Å². The van der Waals surface area contributed by atoms with Crippen LogP contribution in [0.2, 0.25) is 0 Å². The molecular weight excluding hydrogens is 678 g/mol. The van der Waals surface area contributed by atoms with Gasteiger partial charge in [-0.15, -0.1) is 0 Å². The largest absolute Gasteiger partial charge is 0.673 e. The number of hydrogen-bond donors (Lipinski definition) is 0. The van der Waals surface area contributed by atoms with Crippen molar-refractivity contribution in [2.24, 2.45) is 0 Å². The third-order valence-corrected chi connectivity index (χ3v) is 11.7. The van der Waals surface area contributed by atoms with Crippen LogP contribution >= 0.6 is 0 Å². The molecule has 0 bridgehead atoms. The highest BCUT2D eigenvalue weighted by Gasteiger charge is 2.44. The van der Waals surface area contributed by atoms with Crippen LogP contribution in [0.5, 0.6) is 23.0 Å². The third kappa shape index (κ3) is 11.3. The van der Waals surface area contributed by atoms with E-state index in [9.17, 15) is 34.5 Å². The zero-order valence-electron chi connectivity index (χ0n) is 26.1. The molecule has 0 saturated carbocycles. The highest BCUT2D eigenvalue weighted by molar-refractivity contribution is 8.04. The number of halogens is 8. The molecule has 6 rings (SSSR count). The first-order valence-electron chi connectivity index (χ1n) is 15.5. The lowest BCUT2D eigenvalue weighted by Gasteiger charge is -2.22. The summed E-state index contributed by atoms with van der Waals surface area (Å²) in [5.74, 6) is 3.92. The Balaban J connectivity index is 0.000000458. The van der Waals surface area contributed by atoms with Gasteiger partial charge in [-0.05, 0) is 55.0 Å². The molecule has 0 aromatic heterocycles. The van der Waals surface area contributed by atoms with E-state index >= 15 is 0 Å². The summed E-state index contributed by atoms with van der Waals surface area (Å²) < 4.78 is 90.7. The lowest BCUT2D eigenvalue weighted by atomic mass is 10.1. The SMILES string of the molecule is CCCCCCCC/C(=C\[S+]1c2ccccc2Oc2ccccc21)[S+]1c2ccccc2Oc2ccccc21.F[B-](F)(F)F.F[B-](F)(F)F. The van der Waals surface area contributed by atoms with Crippen LogP contribution in [0.1, 0.15) is 51.9 Å². The van der Waals surface area contributed by atoms with Gasteiger partial charge in [0.25, 0.3) is 0 Å². The van der Waals surface area contributed by atoms with Gasteiger partial charge in [0, 0.05) is 6.42 Å². The van der Waals surface area contributed by atoms with Crippen molar-refractivity contribution in [3.05, 3.63) is 107 Å². The summed E-state index contributed by atoms with van der Waals surface area (Å²) in [7, 11) is -12.4. The van der Waals surface area contributed by atoms with Crippen molar-refractivity contribution in [2.75, 3.05) is 0 Å². The lowest BCUT2D eigenvalue weighted by molar-refractivity contribution is 0.366. The van der Waals surface area contributed by atoms with Crippen LogP contribution in [0.25, 0.3) is 0 Å². The van der Waals surface area contributed by atoms with E-state index in [0.29, 0.717) is 0 Å². The average Bonchev–Trinajstić information content (AvgIpc) is 3.03. The quantitative estimate of drug-likeness (QED) is 0.0745. The summed E-state index contributed by atoms with van der Waals surface area (Å²) in [5, 5.41) is 2.59. The molecule has 0 N–H and O–H groups in total. The Morgan fingerprint density at radius 2 is 0.854 bits per heavy atom. The van der Waals surface area contributed by atoms with Gasteiger partial charge in [-0.3, -0.25) is 0 Å². The maximum absolute atomic E-state index is 9.75. The first-order valence-corrected chi connectivity index (χ1v) is 18.0. The number of ether oxygens (including phenoxy) is 2. The second-order valence-corrected chi connectivity index (χ2v) is 14.5. The van der Waals surface area contributed by atoms with Crippen LogP contribution in [0, 0.1) is 0 Å². The second kappa shape index (κ2) is 17.2. The first-order chi connectivity index (χ1) is 22.8. The number of unbranched alkanes of at least 4 members (excludes halogenated alkanes) is 5. The van der Waals surface area contributed by atoms with E-state index in [4.69, 9.17) is 9.47 Å². The molecule has 48 heavy (non-hydrogen) atoms. The molecule has 4 aromatic rings. The molecule has 2 aliphatic heterocycles. The van der Waals surface area contributed by atoms with E-state index in [1.807, 2.05) is 0 Å². The molecule has 2 aliphatic rings. The van der Waals surface area contributed by atoms with E-state index in [1.165, 1.54) is 63.0 Å². The molecular formula is C34H34B2F8O2S2. The fraction of sp³-hybridized carbons (Fsp3) is 0.235. The first kappa shape index (κ1) is 37.3. The molecule has 0 radical (unpaired) electrons. The molecule has 0 spiro atoms. The van der Waals surface area contributed by atoms with Gasteiger partial charge in [-0.1, -0.05) is 87.6 Å². The van der Waals surface area contributed by atoms with Crippen LogP contribution in [0.3, 0.4) is 0 Å². The van der Waals surface area contributed by atoms with Gasteiger partial charge >= 0.3 is 14.5 Å². The molecule has 0 atom stereocenters. The zero-order chi connectivity index (χ0) is 34.7. The maximum Gasteiger partial charge on any atom is 0.673 e. The van der Waals surface area contributed by atoms with Gasteiger partial charge in [0.2, 0.25) is 19.6 Å². The Bertz CT molecular complexity index is 1550. The minimum Gasteiger partial charge on any atom is -0.447 e. The summed E-state index contributed by atoms with van der Waals surface area (Å²) >= 11 is 0. The molecule has 14 heteroatoms. The third-order valence-electron chi connectivity index (χ3n) is 7.04. The highest BCUT2D eigenvalue weighted by Crippen LogP contribution is 2.50. The Morgan fingerprint density at radius 1 is 0.521 bits per heavy atom. The molecule has 0 fully saturated rings. The number of rotatable bonds is 9. The van der Waals surface area contributed by atoms with Gasteiger partial charge in [0.1, 0.15) is 21.8 Å². The molecule has 4 aromatic carbocycles. The van der Waals surface area contributed by atoms with Crippen molar-refractivity contribution in [1.29, 1.82) is 0 Å². The predicted molar refractivity (Wildman–Crippen MR) is 180 cm³/mol. The van der Waals surface area contributed by atoms with Gasteiger partial charge in [0.05, 0.1) is 0 Å². The Morgan fingerprint density at radius 3 is 1.27 bits per heavy atom. The van der Waals surface area contributed by atoms with Crippen LogP contribution in [-0.2, 0) is 21.8 Å². The zero-order valence-corrected chi connectivity index (χ0v) is 27.7. The predicted octanol–water partition coefficient (Wildman–Crippen LogP) is 12.9. The Kier molecular flexibility index (Phi) is 13.4. The van der Waals surface area contributed by atoms with E-state index in [1.54, 1.807) is 0 Å². The lowest BCUT2D eigenvalue weighted by Crippen LogP contribution is -2.16. The standard InChI is InChI=1S/C34H34O2S2.2BF4/c1-2-3-4-5-6-7-16-26(38-33-23-14-10-19-29(33)36-30-20-11-15-24-34(30)38)25-37-31-21-12-8-17-27(31)35-28-18-9-13-22-32(28)37;2*2-1(3,4)5/h8-15,17-25H,2-7,16H2,1H3;;/q+2;2*-1/b26-25+;;. The van der Waals surface area contributed by atoms with E-state index in [-0.39, 0.29) is 21.8 Å². The van der Waals surface area contributed by atoms with Gasteiger partial charge < -0.3 is 44.0 Å². The van der Waals surface area contributed by atoms with Crippen LogP contribution < -0.4 is 9.47 Å². The highest BCUT2D eigenvalue weighted by atomic mass is 32.2. The Hall–Kier alpha value is -3.51. The number of allylic oxidation sites excluding steroid dienone is 1. The van der Waals surface area contributed by atoms with Crippen LogP contribution in [0.4, 0.5) is 34.5 Å². The summed E-state index contributed by atoms with van der Waals surface area (Å²) in [5.41, 5.74) is 0. The molecule has 2 heterocycles. The molecule has 256 valence electrons. The van der Waals surface area contributed by atoms with E-state index < -0.39 is 14.5 Å². The minimum atomic E-state index is -6.00. The molecule has 0 saturated heterocycles. The summed E-state index contributed by atoms with van der Waals surface area (Å²) in [4.78, 5) is 6.64. The van der Waals surface area contributed by atoms with Crippen molar-refractivity contribution < 1.29 is 44.0 Å². The van der Waals surface area contributed by atoms with Crippen molar-refractivity contribution in [2.45, 2.75) is 71.5 Å². The summed E-state index contributed by atoms with van der Waals surface area (Å²) in [6.07, 6.45) is 8.85. The number of benzene rings is 4. The maximum atomic E-state index is 9.75. The van der Waals surface area contributed by atoms with Crippen LogP contribution in [0.15, 0.2) is 127 Å². The van der Waals surface area contributed by atoms with Gasteiger partial charge in [-0.2, -0.15) is 0 Å². The van der Waals surface area contributed by atoms with Gasteiger partial charge in [0.15, 0.2) is 33.3 Å². The summed E-state index contributed by atoms with van der Waals surface area (Å²) in [6, 6.07) is 34.3. The topological polar surface area (TPSA) is 18.5 Å². The number of fused-ring (bicyclic) bond motifs is 4. The Labute approximate surface area is 281 Å². The molecule has 0 aliphatic carbocycles. The normalized spacial score (nSPS) is 14.0. The summed E-state index contributed by atoms with van der Waals surface area (Å²) in [6.45, 7) is 2.28. The smallest absolute Gasteiger partial charge is 0.447 e. The van der Waals surface area contributed by atoms with E-state index in [0.717, 1.165) is 29.4 Å². The van der Waals surface area contributed by atoms with Crippen LogP contribution in [-0.4, -0.2) is 14.5 Å². The minimum absolute atomic E-state index is 0.194. The van der Waals surface area contributed by atoms with Crippen molar-refractivity contribution >= 4 is 36.3 Å². The second-order valence-electron chi connectivity index (χ2n) is 10.7. The molecule has 0 amide bonds. The average molecular weight is 712 g/mol. The van der Waals surface area contributed by atoms with Crippen molar-refractivity contribution in [1.82, 2.24) is 0 Å². The molecule has 0 unspecified atom stereocenters. The monoisotopic (exact) mass is 712 g/mol. The van der Waals surface area contributed by atoms with Crippen molar-refractivity contribution in [3.8, 4) is 23.0 Å².